The van der Waals surface area contributed by atoms with E-state index >= 15 is 0 Å². The van der Waals surface area contributed by atoms with Gasteiger partial charge in [0, 0.05) is 24.4 Å². The van der Waals surface area contributed by atoms with Crippen molar-refractivity contribution in [3.05, 3.63) is 35.4 Å². The summed E-state index contributed by atoms with van der Waals surface area (Å²) in [5.41, 5.74) is 4.94. The van der Waals surface area contributed by atoms with Crippen LogP contribution >= 0.6 is 0 Å². The van der Waals surface area contributed by atoms with Crippen LogP contribution in [-0.2, 0) is 4.79 Å². The fourth-order valence-electron chi connectivity index (χ4n) is 2.37. The first kappa shape index (κ1) is 16.2. The van der Waals surface area contributed by atoms with Crippen molar-refractivity contribution in [1.82, 2.24) is 10.7 Å². The smallest absolute Gasteiger partial charge is 0.251 e. The molecule has 0 radical (unpaired) electrons. The molecule has 0 aliphatic carbocycles. The second kappa shape index (κ2) is 7.20. The van der Waals surface area contributed by atoms with Gasteiger partial charge in [-0.1, -0.05) is 32.9 Å². The molecule has 0 spiro atoms. The van der Waals surface area contributed by atoms with Gasteiger partial charge in [-0.3, -0.25) is 9.59 Å². The third-order valence-corrected chi connectivity index (χ3v) is 3.71. The van der Waals surface area contributed by atoms with Gasteiger partial charge in [-0.25, -0.2) is 5.43 Å². The minimum absolute atomic E-state index is 0.0564. The number of nitrogens with one attached hydrogen (secondary N) is 2. The van der Waals surface area contributed by atoms with E-state index in [2.05, 4.69) is 29.7 Å². The average molecular weight is 301 g/mol. The number of benzene rings is 1. The number of nitrogens with zero attached hydrogens (tertiary/aromatic N) is 1. The average Bonchev–Trinajstić information content (AvgIpc) is 2.47. The summed E-state index contributed by atoms with van der Waals surface area (Å²) in [6, 6.07) is 7.35. The Kier molecular flexibility index (Phi) is 5.31. The van der Waals surface area contributed by atoms with Gasteiger partial charge in [-0.05, 0) is 30.0 Å². The zero-order valence-corrected chi connectivity index (χ0v) is 13.3. The number of carbonyl (C=O) groups is 2. The highest BCUT2D eigenvalue weighted by Gasteiger charge is 2.21. The van der Waals surface area contributed by atoms with Crippen molar-refractivity contribution in [3.63, 3.8) is 0 Å². The molecule has 1 aliphatic rings. The highest BCUT2D eigenvalue weighted by atomic mass is 16.2. The van der Waals surface area contributed by atoms with Crippen molar-refractivity contribution in [3.8, 4) is 0 Å². The van der Waals surface area contributed by atoms with E-state index in [0.717, 1.165) is 17.7 Å². The van der Waals surface area contributed by atoms with Crippen molar-refractivity contribution in [2.24, 2.45) is 16.9 Å². The molecule has 0 fully saturated rings. The number of rotatable bonds is 5. The Balaban J connectivity index is 2.01. The lowest BCUT2D eigenvalue weighted by Gasteiger charge is -2.19. The fraction of sp³-hybridized carbons (Fsp3) is 0.471. The summed E-state index contributed by atoms with van der Waals surface area (Å²) < 4.78 is 0. The topological polar surface area (TPSA) is 70.6 Å². The number of hydrogen-bond acceptors (Lipinski definition) is 3. The van der Waals surface area contributed by atoms with Crippen LogP contribution in [0.5, 0.6) is 0 Å². The highest BCUT2D eigenvalue weighted by molar-refractivity contribution is 6.06. The van der Waals surface area contributed by atoms with Gasteiger partial charge >= 0.3 is 0 Å². The molecule has 0 aromatic heterocycles. The first-order valence-electron chi connectivity index (χ1n) is 7.72. The van der Waals surface area contributed by atoms with Crippen LogP contribution in [-0.4, -0.2) is 24.1 Å². The lowest BCUT2D eigenvalue weighted by Crippen LogP contribution is -2.32. The molecule has 2 amide bonds. The molecule has 1 aromatic rings. The molecule has 118 valence electrons. The minimum Gasteiger partial charge on any atom is -0.352 e. The second-order valence-electron chi connectivity index (χ2n) is 6.15. The summed E-state index contributed by atoms with van der Waals surface area (Å²) in [4.78, 5) is 23.3. The second-order valence-corrected chi connectivity index (χ2v) is 6.15. The van der Waals surface area contributed by atoms with Crippen LogP contribution in [0.15, 0.2) is 29.4 Å². The molecule has 1 atom stereocenters. The van der Waals surface area contributed by atoms with Crippen LogP contribution in [0, 0.1) is 11.8 Å². The summed E-state index contributed by atoms with van der Waals surface area (Å²) in [5.74, 6) is 0.541. The molecule has 5 nitrogen and oxygen atoms in total. The molecule has 1 aromatic carbocycles. The summed E-state index contributed by atoms with van der Waals surface area (Å²) in [7, 11) is 0. The van der Waals surface area contributed by atoms with Crippen LogP contribution < -0.4 is 10.7 Å². The molecule has 2 rings (SSSR count). The largest absolute Gasteiger partial charge is 0.352 e. The molecular formula is C17H23N3O2. The summed E-state index contributed by atoms with van der Waals surface area (Å²) >= 11 is 0. The fourth-order valence-corrected chi connectivity index (χ4v) is 2.37. The zero-order chi connectivity index (χ0) is 16.1. The van der Waals surface area contributed by atoms with Crippen molar-refractivity contribution in [1.29, 1.82) is 0 Å². The van der Waals surface area contributed by atoms with Crippen molar-refractivity contribution in [2.45, 2.75) is 33.6 Å². The molecule has 0 saturated carbocycles. The van der Waals surface area contributed by atoms with E-state index < -0.39 is 0 Å². The molecule has 2 N–H and O–H groups in total. The zero-order valence-electron chi connectivity index (χ0n) is 13.3. The van der Waals surface area contributed by atoms with E-state index in [1.807, 2.05) is 19.1 Å². The van der Waals surface area contributed by atoms with E-state index in [-0.39, 0.29) is 17.7 Å². The van der Waals surface area contributed by atoms with Crippen molar-refractivity contribution in [2.75, 3.05) is 6.54 Å². The minimum atomic E-state index is -0.0580. The van der Waals surface area contributed by atoms with Crippen LogP contribution in [0.2, 0.25) is 0 Å². The van der Waals surface area contributed by atoms with Gasteiger partial charge in [-0.15, -0.1) is 0 Å². The third-order valence-electron chi connectivity index (χ3n) is 3.71. The molecule has 22 heavy (non-hydrogen) atoms. The van der Waals surface area contributed by atoms with Crippen molar-refractivity contribution >= 4 is 17.5 Å². The van der Waals surface area contributed by atoms with Gasteiger partial charge in [-0.2, -0.15) is 5.10 Å². The SMILES string of the molecule is CC(C)CCNC(=O)c1ccc(C2=NNC(=O)CC2C)cc1. The summed E-state index contributed by atoms with van der Waals surface area (Å²) in [6.45, 7) is 6.93. The molecule has 0 saturated heterocycles. The van der Waals surface area contributed by atoms with E-state index in [9.17, 15) is 9.59 Å². The Bertz CT molecular complexity index is 576. The van der Waals surface area contributed by atoms with E-state index in [1.165, 1.54) is 0 Å². The van der Waals surface area contributed by atoms with Crippen LogP contribution in [0.1, 0.15) is 49.5 Å². The molecule has 5 heteroatoms. The number of carbonyl (C=O) groups excluding carboxylic acids is 2. The monoisotopic (exact) mass is 301 g/mol. The number of amides is 2. The van der Waals surface area contributed by atoms with E-state index in [0.29, 0.717) is 24.4 Å². The van der Waals surface area contributed by atoms with Crippen LogP contribution in [0.25, 0.3) is 0 Å². The highest BCUT2D eigenvalue weighted by Crippen LogP contribution is 2.17. The van der Waals surface area contributed by atoms with Gasteiger partial charge in [0.1, 0.15) is 0 Å². The maximum atomic E-state index is 12.0. The van der Waals surface area contributed by atoms with Gasteiger partial charge in [0.25, 0.3) is 5.91 Å². The summed E-state index contributed by atoms with van der Waals surface area (Å²) in [6.07, 6.45) is 1.41. The molecular weight excluding hydrogens is 278 g/mol. The normalized spacial score (nSPS) is 17.9. The van der Waals surface area contributed by atoms with E-state index in [1.54, 1.807) is 12.1 Å². The molecule has 1 aliphatic heterocycles. The predicted molar refractivity (Wildman–Crippen MR) is 86.7 cm³/mol. The maximum Gasteiger partial charge on any atom is 0.251 e. The molecule has 0 bridgehead atoms. The number of hydrazone groups is 1. The van der Waals surface area contributed by atoms with Crippen molar-refractivity contribution < 1.29 is 9.59 Å². The first-order chi connectivity index (χ1) is 10.5. The van der Waals surface area contributed by atoms with Gasteiger partial charge in [0.05, 0.1) is 5.71 Å². The van der Waals surface area contributed by atoms with Gasteiger partial charge in [0.2, 0.25) is 5.91 Å². The Hall–Kier alpha value is -2.17. The Morgan fingerprint density at radius 1 is 1.36 bits per heavy atom. The Morgan fingerprint density at radius 2 is 2.05 bits per heavy atom. The lowest BCUT2D eigenvalue weighted by molar-refractivity contribution is -0.121. The number of hydrogen-bond donors (Lipinski definition) is 2. The summed E-state index contributed by atoms with van der Waals surface area (Å²) in [5, 5.41) is 7.04. The molecule has 1 heterocycles. The van der Waals surface area contributed by atoms with Gasteiger partial charge in [0.15, 0.2) is 0 Å². The van der Waals surface area contributed by atoms with E-state index in [4.69, 9.17) is 0 Å². The quantitative estimate of drug-likeness (QED) is 0.876. The lowest BCUT2D eigenvalue weighted by atomic mass is 9.93. The first-order valence-corrected chi connectivity index (χ1v) is 7.72. The van der Waals surface area contributed by atoms with Crippen LogP contribution in [0.3, 0.4) is 0 Å². The molecule has 1 unspecified atom stereocenters. The Morgan fingerprint density at radius 3 is 2.64 bits per heavy atom. The van der Waals surface area contributed by atoms with Gasteiger partial charge < -0.3 is 5.32 Å². The maximum absolute atomic E-state index is 12.0. The Labute approximate surface area is 131 Å². The van der Waals surface area contributed by atoms with Crippen LogP contribution in [0.4, 0.5) is 0 Å². The third kappa shape index (κ3) is 4.16. The standard InChI is InChI=1S/C17H23N3O2/c1-11(2)8-9-18-17(22)14-6-4-13(5-7-14)16-12(3)10-15(21)19-20-16/h4-7,11-12H,8-10H2,1-3H3,(H,18,22)(H,19,21). The predicted octanol–water partition coefficient (Wildman–Crippen LogP) is 2.32.